The van der Waals surface area contributed by atoms with Crippen molar-refractivity contribution in [3.63, 3.8) is 0 Å². The maximum Gasteiger partial charge on any atom is 0.407 e. The van der Waals surface area contributed by atoms with Crippen molar-refractivity contribution in [2.45, 2.75) is 105 Å². The van der Waals surface area contributed by atoms with Gasteiger partial charge in [-0.1, -0.05) is 34.6 Å². The number of aliphatic hydroxyl groups excluding tert-OH is 1. The summed E-state index contributed by atoms with van der Waals surface area (Å²) < 4.78 is 22.0. The molecule has 3 amide bonds. The quantitative estimate of drug-likeness (QED) is 0.315. The van der Waals surface area contributed by atoms with E-state index in [0.29, 0.717) is 44.0 Å². The molecule has 12 heteroatoms. The number of benzene rings is 1. The number of carbonyl (C=O) groups excluding carboxylic acids is 2. The first-order valence-electron chi connectivity index (χ1n) is 15.1. The van der Waals surface area contributed by atoms with Crippen molar-refractivity contribution in [1.29, 1.82) is 0 Å². The third-order valence-electron chi connectivity index (χ3n) is 8.77. The first-order valence-corrected chi connectivity index (χ1v) is 15.1. The summed E-state index contributed by atoms with van der Waals surface area (Å²) >= 11 is 0. The van der Waals surface area contributed by atoms with E-state index in [0.717, 1.165) is 42.4 Å². The molecule has 3 N–H and O–H groups in total. The van der Waals surface area contributed by atoms with Gasteiger partial charge in [-0.25, -0.2) is 9.59 Å². The van der Waals surface area contributed by atoms with E-state index in [1.54, 1.807) is 4.90 Å². The molecule has 12 nitrogen and oxygen atoms in total. The van der Waals surface area contributed by atoms with E-state index < -0.39 is 36.0 Å². The molecule has 1 saturated heterocycles. The van der Waals surface area contributed by atoms with E-state index in [9.17, 15) is 24.6 Å². The third kappa shape index (κ3) is 7.64. The number of rotatable bonds is 11. The van der Waals surface area contributed by atoms with E-state index in [2.05, 4.69) is 19.2 Å². The maximum absolute atomic E-state index is 13.5. The minimum Gasteiger partial charge on any atom is -0.465 e. The molecule has 0 saturated carbocycles. The lowest BCUT2D eigenvalue weighted by atomic mass is 9.83. The standard InChI is InChI=1S/C31H47N3O9/c1-30(2,3)25(26(35)34-13-8-10-22(34)27(36)40-6)32-28(37)41-14-12-31(4,5)11-7-9-20-21-17-33(29(38)39)16-19(21)15-23-24(20)43-18-42-23/h15,22,25,27,36H,7-14,16-18H2,1-6H3,(H,32,37)(H,38,39)/t22?,25-,27+/m1/s1. The maximum atomic E-state index is 13.5. The molecule has 3 aliphatic rings. The van der Waals surface area contributed by atoms with Gasteiger partial charge < -0.3 is 39.4 Å². The van der Waals surface area contributed by atoms with Crippen LogP contribution in [-0.2, 0) is 33.8 Å². The molecule has 1 aromatic carbocycles. The van der Waals surface area contributed by atoms with Crippen molar-refractivity contribution < 1.29 is 43.5 Å². The van der Waals surface area contributed by atoms with Crippen molar-refractivity contribution in [2.24, 2.45) is 10.8 Å². The van der Waals surface area contributed by atoms with E-state index in [1.807, 2.05) is 26.8 Å². The normalized spacial score (nSPS) is 19.3. The van der Waals surface area contributed by atoms with Crippen LogP contribution in [0.1, 0.15) is 83.4 Å². The van der Waals surface area contributed by atoms with Crippen LogP contribution in [0, 0.1) is 10.8 Å². The zero-order chi connectivity index (χ0) is 31.5. The Hall–Kier alpha value is -3.25. The van der Waals surface area contributed by atoms with Gasteiger partial charge in [-0.2, -0.15) is 0 Å². The van der Waals surface area contributed by atoms with Crippen LogP contribution < -0.4 is 14.8 Å². The van der Waals surface area contributed by atoms with Crippen LogP contribution in [0.4, 0.5) is 9.59 Å². The Balaban J connectivity index is 1.28. The lowest BCUT2D eigenvalue weighted by Crippen LogP contribution is -2.57. The van der Waals surface area contributed by atoms with Gasteiger partial charge in [0.2, 0.25) is 12.7 Å². The number of nitrogens with zero attached hydrogens (tertiary/aromatic N) is 2. The molecular weight excluding hydrogens is 558 g/mol. The van der Waals surface area contributed by atoms with Crippen LogP contribution in [0.5, 0.6) is 11.5 Å². The summed E-state index contributed by atoms with van der Waals surface area (Å²) in [5.74, 6) is 1.12. The number of alkyl carbamates (subject to hydrolysis) is 1. The Labute approximate surface area is 253 Å². The Bertz CT molecular complexity index is 1200. The number of carboxylic acid groups (broad SMARTS) is 1. The molecule has 1 fully saturated rings. The van der Waals surface area contributed by atoms with E-state index in [-0.39, 0.29) is 24.7 Å². The van der Waals surface area contributed by atoms with Gasteiger partial charge in [0.1, 0.15) is 6.04 Å². The fraction of sp³-hybridized carbons (Fsp3) is 0.710. The summed E-state index contributed by atoms with van der Waals surface area (Å²) in [6, 6.07) is 0.616. The molecule has 0 aromatic heterocycles. The minimum atomic E-state index is -1.08. The molecule has 240 valence electrons. The summed E-state index contributed by atoms with van der Waals surface area (Å²) in [5.41, 5.74) is 2.27. The van der Waals surface area contributed by atoms with Crippen LogP contribution in [0.2, 0.25) is 0 Å². The predicted octanol–water partition coefficient (Wildman–Crippen LogP) is 4.24. The third-order valence-corrected chi connectivity index (χ3v) is 8.77. The lowest BCUT2D eigenvalue weighted by Gasteiger charge is -2.36. The van der Waals surface area contributed by atoms with Gasteiger partial charge >= 0.3 is 12.2 Å². The smallest absolute Gasteiger partial charge is 0.407 e. The second-order valence-electron chi connectivity index (χ2n) is 13.6. The van der Waals surface area contributed by atoms with Crippen molar-refractivity contribution >= 4 is 18.1 Å². The number of nitrogens with one attached hydrogen (secondary N) is 1. The number of amides is 3. The van der Waals surface area contributed by atoms with Crippen molar-refractivity contribution in [1.82, 2.24) is 15.1 Å². The van der Waals surface area contributed by atoms with Crippen LogP contribution >= 0.6 is 0 Å². The summed E-state index contributed by atoms with van der Waals surface area (Å²) in [6.07, 6.45) is 1.74. The fourth-order valence-electron chi connectivity index (χ4n) is 6.18. The highest BCUT2D eigenvalue weighted by Gasteiger charge is 2.42. The average molecular weight is 606 g/mol. The Morgan fingerprint density at radius 3 is 2.56 bits per heavy atom. The Morgan fingerprint density at radius 1 is 1.14 bits per heavy atom. The van der Waals surface area contributed by atoms with Crippen LogP contribution in [0.3, 0.4) is 0 Å². The van der Waals surface area contributed by atoms with Gasteiger partial charge in [-0.15, -0.1) is 0 Å². The van der Waals surface area contributed by atoms with Crippen molar-refractivity contribution in [3.8, 4) is 11.5 Å². The second kappa shape index (κ2) is 13.2. The number of methoxy groups -OCH3 is 1. The van der Waals surface area contributed by atoms with E-state index >= 15 is 0 Å². The highest BCUT2D eigenvalue weighted by atomic mass is 16.7. The summed E-state index contributed by atoms with van der Waals surface area (Å²) in [7, 11) is 1.40. The topological polar surface area (TPSA) is 147 Å². The average Bonchev–Trinajstić information content (AvgIpc) is 3.69. The molecule has 0 bridgehead atoms. The van der Waals surface area contributed by atoms with Crippen molar-refractivity contribution in [2.75, 3.05) is 27.1 Å². The van der Waals surface area contributed by atoms with Gasteiger partial charge in [0.05, 0.1) is 19.2 Å². The minimum absolute atomic E-state index is 0.135. The number of likely N-dealkylation sites (tertiary alicyclic amines) is 1. The molecule has 0 radical (unpaired) electrons. The summed E-state index contributed by atoms with van der Waals surface area (Å²) in [5, 5.41) is 22.5. The molecular formula is C31H47N3O9. The largest absolute Gasteiger partial charge is 0.465 e. The predicted molar refractivity (Wildman–Crippen MR) is 157 cm³/mol. The van der Waals surface area contributed by atoms with Gasteiger partial charge in [0.25, 0.3) is 0 Å². The Morgan fingerprint density at radius 2 is 1.88 bits per heavy atom. The molecule has 4 rings (SSSR count). The van der Waals surface area contributed by atoms with Gasteiger partial charge in [0, 0.05) is 25.8 Å². The van der Waals surface area contributed by atoms with Crippen LogP contribution in [0.25, 0.3) is 0 Å². The number of hydrogen-bond acceptors (Lipinski definition) is 8. The van der Waals surface area contributed by atoms with Crippen LogP contribution in [0.15, 0.2) is 6.07 Å². The van der Waals surface area contributed by atoms with E-state index in [4.69, 9.17) is 18.9 Å². The SMILES string of the molecule is CO[C@H](O)C1CCCN1C(=O)[C@@H](NC(=O)OCCC(C)(C)CCCc1c2c(cc3c1OCO3)CN(C(=O)O)C2)C(C)(C)C. The molecule has 3 heterocycles. The zero-order valence-corrected chi connectivity index (χ0v) is 26.2. The zero-order valence-electron chi connectivity index (χ0n) is 26.2. The first-order chi connectivity index (χ1) is 20.2. The highest BCUT2D eigenvalue weighted by molar-refractivity contribution is 5.87. The molecule has 0 aliphatic carbocycles. The lowest BCUT2D eigenvalue weighted by molar-refractivity contribution is -0.152. The summed E-state index contributed by atoms with van der Waals surface area (Å²) in [6.45, 7) is 11.4. The molecule has 3 aliphatic heterocycles. The highest BCUT2D eigenvalue weighted by Crippen LogP contribution is 2.44. The monoisotopic (exact) mass is 605 g/mol. The molecule has 3 atom stereocenters. The number of fused-ring (bicyclic) bond motifs is 2. The number of hydrogen-bond donors (Lipinski definition) is 3. The summed E-state index contributed by atoms with van der Waals surface area (Å²) in [4.78, 5) is 40.8. The second-order valence-corrected chi connectivity index (χ2v) is 13.6. The number of carbonyl (C=O) groups is 3. The molecule has 0 spiro atoms. The Kier molecular flexibility index (Phi) is 10.0. The van der Waals surface area contributed by atoms with Gasteiger partial charge in [0.15, 0.2) is 17.8 Å². The van der Waals surface area contributed by atoms with E-state index in [1.165, 1.54) is 12.0 Å². The first kappa shape index (κ1) is 32.7. The van der Waals surface area contributed by atoms with Gasteiger partial charge in [-0.3, -0.25) is 9.69 Å². The fourth-order valence-corrected chi connectivity index (χ4v) is 6.18. The van der Waals surface area contributed by atoms with Crippen LogP contribution in [-0.4, -0.2) is 83.5 Å². The number of ether oxygens (including phenoxy) is 4. The molecule has 43 heavy (non-hydrogen) atoms. The number of aliphatic hydroxyl groups is 1. The van der Waals surface area contributed by atoms with Crippen molar-refractivity contribution in [3.05, 3.63) is 22.8 Å². The van der Waals surface area contributed by atoms with Gasteiger partial charge in [-0.05, 0) is 66.5 Å². The molecule has 1 aromatic rings. The molecule has 1 unspecified atom stereocenters.